The van der Waals surface area contributed by atoms with Gasteiger partial charge in [-0.05, 0) is 44.0 Å². The smallest absolute Gasteiger partial charge is 0.166 e. The molecule has 0 fully saturated rings. The number of Topliss-reactive ketones (excluding diaryl/α,β-unsaturated/α-hetero) is 1. The van der Waals surface area contributed by atoms with Gasteiger partial charge in [-0.1, -0.05) is 12.1 Å². The zero-order chi connectivity index (χ0) is 13.8. The van der Waals surface area contributed by atoms with Crippen molar-refractivity contribution >= 4 is 5.78 Å². The van der Waals surface area contributed by atoms with Gasteiger partial charge in [-0.15, -0.1) is 0 Å². The van der Waals surface area contributed by atoms with E-state index in [0.29, 0.717) is 17.7 Å². The fourth-order valence-corrected chi connectivity index (χ4v) is 2.09. The zero-order valence-corrected chi connectivity index (χ0v) is 11.5. The van der Waals surface area contributed by atoms with Crippen molar-refractivity contribution in [3.05, 3.63) is 53.0 Å². The molecule has 1 aromatic carbocycles. The van der Waals surface area contributed by atoms with Crippen LogP contribution < -0.4 is 4.74 Å². The molecule has 0 bridgehead atoms. The summed E-state index contributed by atoms with van der Waals surface area (Å²) in [6, 6.07) is 9.60. The quantitative estimate of drug-likeness (QED) is 0.767. The summed E-state index contributed by atoms with van der Waals surface area (Å²) in [4.78, 5) is 12.1. The first-order valence-corrected chi connectivity index (χ1v) is 6.33. The normalized spacial score (nSPS) is 10.5. The molecule has 0 unspecified atom stereocenters. The molecular formula is C16H18O3. The van der Waals surface area contributed by atoms with Gasteiger partial charge in [-0.3, -0.25) is 4.79 Å². The van der Waals surface area contributed by atoms with E-state index in [2.05, 4.69) is 0 Å². The number of ether oxygens (including phenoxy) is 1. The lowest BCUT2D eigenvalue weighted by atomic mass is 10.0. The third-order valence-electron chi connectivity index (χ3n) is 3.14. The summed E-state index contributed by atoms with van der Waals surface area (Å²) in [5.41, 5.74) is 1.83. The Balaban J connectivity index is 1.98. The maximum absolute atomic E-state index is 12.1. The lowest BCUT2D eigenvalue weighted by molar-refractivity contribution is 0.0981. The molecule has 3 nitrogen and oxygen atoms in total. The predicted molar refractivity (Wildman–Crippen MR) is 73.8 cm³/mol. The lowest BCUT2D eigenvalue weighted by Gasteiger charge is -2.03. The van der Waals surface area contributed by atoms with E-state index in [1.807, 2.05) is 44.2 Å². The average Bonchev–Trinajstić information content (AvgIpc) is 2.75. The van der Waals surface area contributed by atoms with E-state index in [1.165, 1.54) is 0 Å². The highest BCUT2D eigenvalue weighted by Crippen LogP contribution is 2.18. The summed E-state index contributed by atoms with van der Waals surface area (Å²) in [5, 5.41) is 0. The molecule has 0 aliphatic heterocycles. The minimum Gasteiger partial charge on any atom is -0.497 e. The number of aryl methyl sites for hydroxylation is 3. The number of furan rings is 1. The molecule has 0 aliphatic carbocycles. The largest absolute Gasteiger partial charge is 0.497 e. The SMILES string of the molecule is COc1ccc(CCC(=O)c2cc(C)oc2C)cc1. The van der Waals surface area contributed by atoms with Crippen molar-refractivity contribution in [2.24, 2.45) is 0 Å². The number of hydrogen-bond acceptors (Lipinski definition) is 3. The third-order valence-corrected chi connectivity index (χ3v) is 3.14. The van der Waals surface area contributed by atoms with Gasteiger partial charge >= 0.3 is 0 Å². The van der Waals surface area contributed by atoms with E-state index in [1.54, 1.807) is 7.11 Å². The summed E-state index contributed by atoms with van der Waals surface area (Å²) in [6.07, 6.45) is 1.22. The average molecular weight is 258 g/mol. The van der Waals surface area contributed by atoms with Crippen LogP contribution in [0.15, 0.2) is 34.7 Å². The van der Waals surface area contributed by atoms with Crippen LogP contribution in [0.3, 0.4) is 0 Å². The standard InChI is InChI=1S/C16H18O3/c1-11-10-15(12(2)19-11)16(17)9-6-13-4-7-14(18-3)8-5-13/h4-5,7-8,10H,6,9H2,1-3H3. The van der Waals surface area contributed by atoms with Gasteiger partial charge in [0.15, 0.2) is 5.78 Å². The van der Waals surface area contributed by atoms with E-state index < -0.39 is 0 Å². The summed E-state index contributed by atoms with van der Waals surface area (Å²) >= 11 is 0. The second-order valence-electron chi connectivity index (χ2n) is 4.60. The van der Waals surface area contributed by atoms with Crippen LogP contribution in [0.1, 0.15) is 33.9 Å². The predicted octanol–water partition coefficient (Wildman–Crippen LogP) is 3.72. The molecule has 3 heteroatoms. The van der Waals surface area contributed by atoms with E-state index in [4.69, 9.17) is 9.15 Å². The van der Waals surface area contributed by atoms with Gasteiger partial charge in [0.2, 0.25) is 0 Å². The number of carbonyl (C=O) groups excluding carboxylic acids is 1. The van der Waals surface area contributed by atoms with Crippen molar-refractivity contribution in [1.82, 2.24) is 0 Å². The van der Waals surface area contributed by atoms with Crippen molar-refractivity contribution < 1.29 is 13.9 Å². The Morgan fingerprint density at radius 2 is 1.89 bits per heavy atom. The Bertz CT molecular complexity index is 564. The Morgan fingerprint density at radius 1 is 1.21 bits per heavy atom. The highest BCUT2D eigenvalue weighted by atomic mass is 16.5. The molecule has 1 aromatic heterocycles. The summed E-state index contributed by atoms with van der Waals surface area (Å²) in [6.45, 7) is 3.68. The van der Waals surface area contributed by atoms with Gasteiger partial charge in [0.05, 0.1) is 12.7 Å². The minimum atomic E-state index is 0.130. The van der Waals surface area contributed by atoms with Crippen molar-refractivity contribution in [2.45, 2.75) is 26.7 Å². The van der Waals surface area contributed by atoms with Gasteiger partial charge in [0.25, 0.3) is 0 Å². The fraction of sp³-hybridized carbons (Fsp3) is 0.312. The van der Waals surface area contributed by atoms with Crippen LogP contribution in [0.2, 0.25) is 0 Å². The highest BCUT2D eigenvalue weighted by molar-refractivity contribution is 5.97. The third kappa shape index (κ3) is 3.25. The first-order valence-electron chi connectivity index (χ1n) is 6.33. The summed E-state index contributed by atoms with van der Waals surface area (Å²) in [5.74, 6) is 2.45. The van der Waals surface area contributed by atoms with E-state index >= 15 is 0 Å². The molecule has 19 heavy (non-hydrogen) atoms. The van der Waals surface area contributed by atoms with Crippen LogP contribution >= 0.6 is 0 Å². The molecule has 0 amide bonds. The monoisotopic (exact) mass is 258 g/mol. The Labute approximate surface area is 113 Å². The molecule has 0 aliphatic rings. The maximum Gasteiger partial charge on any atom is 0.166 e. The molecule has 2 aromatic rings. The van der Waals surface area contributed by atoms with Gasteiger partial charge in [-0.2, -0.15) is 0 Å². The molecule has 0 atom stereocenters. The van der Waals surface area contributed by atoms with Gasteiger partial charge < -0.3 is 9.15 Å². The van der Waals surface area contributed by atoms with Gasteiger partial charge in [-0.25, -0.2) is 0 Å². The van der Waals surface area contributed by atoms with E-state index in [0.717, 1.165) is 23.5 Å². The second-order valence-corrected chi connectivity index (χ2v) is 4.60. The molecule has 0 N–H and O–H groups in total. The number of benzene rings is 1. The first-order chi connectivity index (χ1) is 9.10. The number of rotatable bonds is 5. The number of hydrogen-bond donors (Lipinski definition) is 0. The lowest BCUT2D eigenvalue weighted by Crippen LogP contribution is -2.01. The number of carbonyl (C=O) groups is 1. The van der Waals surface area contributed by atoms with Crippen LogP contribution in [0.5, 0.6) is 5.75 Å². The van der Waals surface area contributed by atoms with Crippen LogP contribution in [0.4, 0.5) is 0 Å². The second kappa shape index (κ2) is 5.74. The first kappa shape index (κ1) is 13.4. The molecule has 0 spiro atoms. The van der Waals surface area contributed by atoms with E-state index in [-0.39, 0.29) is 5.78 Å². The molecular weight excluding hydrogens is 240 g/mol. The van der Waals surface area contributed by atoms with Crippen LogP contribution in [0.25, 0.3) is 0 Å². The van der Waals surface area contributed by atoms with Crippen molar-refractivity contribution in [3.8, 4) is 5.75 Å². The topological polar surface area (TPSA) is 39.4 Å². The molecule has 100 valence electrons. The van der Waals surface area contributed by atoms with Crippen LogP contribution in [-0.4, -0.2) is 12.9 Å². The molecule has 0 radical (unpaired) electrons. The molecule has 2 rings (SSSR count). The van der Waals surface area contributed by atoms with Gasteiger partial charge in [0.1, 0.15) is 17.3 Å². The molecule has 1 heterocycles. The Hall–Kier alpha value is -2.03. The Kier molecular flexibility index (Phi) is 4.05. The van der Waals surface area contributed by atoms with Crippen LogP contribution in [-0.2, 0) is 6.42 Å². The number of methoxy groups -OCH3 is 1. The Morgan fingerprint density at radius 3 is 2.42 bits per heavy atom. The minimum absolute atomic E-state index is 0.130. The summed E-state index contributed by atoms with van der Waals surface area (Å²) < 4.78 is 10.5. The highest BCUT2D eigenvalue weighted by Gasteiger charge is 2.13. The fourth-order valence-electron chi connectivity index (χ4n) is 2.09. The molecule has 0 saturated heterocycles. The summed E-state index contributed by atoms with van der Waals surface area (Å²) in [7, 11) is 1.64. The van der Waals surface area contributed by atoms with E-state index in [9.17, 15) is 4.79 Å². The maximum atomic E-state index is 12.1. The molecule has 0 saturated carbocycles. The van der Waals surface area contributed by atoms with Crippen molar-refractivity contribution in [2.75, 3.05) is 7.11 Å². The van der Waals surface area contributed by atoms with Crippen molar-refractivity contribution in [1.29, 1.82) is 0 Å². The number of ketones is 1. The zero-order valence-electron chi connectivity index (χ0n) is 11.5. The van der Waals surface area contributed by atoms with Gasteiger partial charge in [0, 0.05) is 6.42 Å². The van der Waals surface area contributed by atoms with Crippen LogP contribution in [0, 0.1) is 13.8 Å². The van der Waals surface area contributed by atoms with Crippen molar-refractivity contribution in [3.63, 3.8) is 0 Å².